The standard InChI is InChI=1S/C12H11F2N3O2/c1-2-19-12(18)10-15-11(9(13)14)17(16-10)8-6-4-3-5-7-8/h3-7,9H,2H2,1H3. The molecule has 0 amide bonds. The maximum atomic E-state index is 12.9. The zero-order valence-corrected chi connectivity index (χ0v) is 10.1. The van der Waals surface area contributed by atoms with Crippen molar-refractivity contribution in [3.05, 3.63) is 42.0 Å². The first kappa shape index (κ1) is 13.1. The van der Waals surface area contributed by atoms with Gasteiger partial charge in [0, 0.05) is 0 Å². The van der Waals surface area contributed by atoms with Crippen LogP contribution >= 0.6 is 0 Å². The molecule has 0 aliphatic heterocycles. The van der Waals surface area contributed by atoms with Gasteiger partial charge in [-0.05, 0) is 19.1 Å². The molecule has 0 fully saturated rings. The Labute approximate surface area is 107 Å². The average molecular weight is 267 g/mol. The quantitative estimate of drug-likeness (QED) is 0.798. The molecule has 0 bridgehead atoms. The predicted octanol–water partition coefficient (Wildman–Crippen LogP) is 2.38. The smallest absolute Gasteiger partial charge is 0.378 e. The third kappa shape index (κ3) is 2.75. The van der Waals surface area contributed by atoms with Crippen LogP contribution in [0.25, 0.3) is 5.69 Å². The third-order valence-corrected chi connectivity index (χ3v) is 2.29. The molecule has 0 saturated carbocycles. The van der Waals surface area contributed by atoms with Gasteiger partial charge in [0.1, 0.15) is 0 Å². The Hall–Kier alpha value is -2.31. The Kier molecular flexibility index (Phi) is 3.84. The Balaban J connectivity index is 2.45. The molecule has 7 heteroatoms. The van der Waals surface area contributed by atoms with Gasteiger partial charge in [-0.3, -0.25) is 0 Å². The highest BCUT2D eigenvalue weighted by Crippen LogP contribution is 2.20. The molecule has 1 aromatic heterocycles. The average Bonchev–Trinajstić information content (AvgIpc) is 2.85. The summed E-state index contributed by atoms with van der Waals surface area (Å²) in [4.78, 5) is 15.0. The van der Waals surface area contributed by atoms with E-state index in [4.69, 9.17) is 0 Å². The summed E-state index contributed by atoms with van der Waals surface area (Å²) in [6.07, 6.45) is -2.84. The Morgan fingerprint density at radius 3 is 2.63 bits per heavy atom. The highest BCUT2D eigenvalue weighted by molar-refractivity contribution is 5.85. The van der Waals surface area contributed by atoms with Crippen LogP contribution in [-0.4, -0.2) is 27.3 Å². The van der Waals surface area contributed by atoms with Crippen LogP contribution < -0.4 is 0 Å². The van der Waals surface area contributed by atoms with Crippen LogP contribution in [0.4, 0.5) is 8.78 Å². The number of carbonyl (C=O) groups is 1. The summed E-state index contributed by atoms with van der Waals surface area (Å²) in [5, 5.41) is 3.77. The van der Waals surface area contributed by atoms with Crippen molar-refractivity contribution in [3.8, 4) is 5.69 Å². The third-order valence-electron chi connectivity index (χ3n) is 2.29. The first-order valence-electron chi connectivity index (χ1n) is 5.61. The highest BCUT2D eigenvalue weighted by Gasteiger charge is 2.23. The van der Waals surface area contributed by atoms with Crippen molar-refractivity contribution in [2.75, 3.05) is 6.61 Å². The van der Waals surface area contributed by atoms with Gasteiger partial charge in [-0.15, -0.1) is 5.10 Å². The van der Waals surface area contributed by atoms with E-state index in [0.29, 0.717) is 5.69 Å². The zero-order valence-electron chi connectivity index (χ0n) is 10.1. The number of hydrogen-bond donors (Lipinski definition) is 0. The van der Waals surface area contributed by atoms with E-state index in [-0.39, 0.29) is 12.4 Å². The predicted molar refractivity (Wildman–Crippen MR) is 62.3 cm³/mol. The lowest BCUT2D eigenvalue weighted by Crippen LogP contribution is -2.07. The van der Waals surface area contributed by atoms with E-state index in [1.165, 1.54) is 0 Å². The molecular weight excluding hydrogens is 256 g/mol. The van der Waals surface area contributed by atoms with Crippen LogP contribution in [0.5, 0.6) is 0 Å². The van der Waals surface area contributed by atoms with Crippen LogP contribution in [0.15, 0.2) is 30.3 Å². The number of carbonyl (C=O) groups excluding carboxylic acids is 1. The van der Waals surface area contributed by atoms with E-state index in [9.17, 15) is 13.6 Å². The fourth-order valence-corrected chi connectivity index (χ4v) is 1.51. The number of para-hydroxylation sites is 1. The van der Waals surface area contributed by atoms with E-state index in [1.54, 1.807) is 37.3 Å². The minimum absolute atomic E-state index is 0.128. The lowest BCUT2D eigenvalue weighted by molar-refractivity contribution is 0.0512. The number of ether oxygens (including phenoxy) is 1. The Bertz CT molecular complexity index is 570. The van der Waals surface area contributed by atoms with Gasteiger partial charge in [-0.1, -0.05) is 18.2 Å². The molecule has 100 valence electrons. The maximum Gasteiger partial charge on any atom is 0.378 e. The molecule has 0 spiro atoms. The van der Waals surface area contributed by atoms with E-state index < -0.39 is 18.2 Å². The molecule has 19 heavy (non-hydrogen) atoms. The summed E-state index contributed by atoms with van der Waals surface area (Å²) in [7, 11) is 0. The van der Waals surface area contributed by atoms with Gasteiger partial charge in [0.05, 0.1) is 12.3 Å². The van der Waals surface area contributed by atoms with Crippen LogP contribution in [0, 0.1) is 0 Å². The lowest BCUT2D eigenvalue weighted by atomic mass is 10.3. The number of alkyl halides is 2. The minimum atomic E-state index is -2.84. The number of benzene rings is 1. The van der Waals surface area contributed by atoms with E-state index in [2.05, 4.69) is 14.8 Å². The van der Waals surface area contributed by atoms with Gasteiger partial charge in [-0.2, -0.15) is 4.98 Å². The highest BCUT2D eigenvalue weighted by atomic mass is 19.3. The number of aromatic nitrogens is 3. The first-order chi connectivity index (χ1) is 9.13. The summed E-state index contributed by atoms with van der Waals surface area (Å²) < 4.78 is 31.4. The van der Waals surface area contributed by atoms with Crippen LogP contribution in [0.2, 0.25) is 0 Å². The second-order valence-corrected chi connectivity index (χ2v) is 3.56. The molecular formula is C12H11F2N3O2. The minimum Gasteiger partial charge on any atom is -0.460 e. The normalized spacial score (nSPS) is 10.7. The Morgan fingerprint density at radius 2 is 2.05 bits per heavy atom. The number of hydrogen-bond acceptors (Lipinski definition) is 4. The molecule has 0 aliphatic carbocycles. The van der Waals surface area contributed by atoms with Gasteiger partial charge in [0.15, 0.2) is 5.82 Å². The summed E-state index contributed by atoms with van der Waals surface area (Å²) in [6.45, 7) is 1.74. The number of nitrogens with zero attached hydrogens (tertiary/aromatic N) is 3. The van der Waals surface area contributed by atoms with Gasteiger partial charge < -0.3 is 4.74 Å². The summed E-state index contributed by atoms with van der Waals surface area (Å²) in [5.41, 5.74) is 0.404. The largest absolute Gasteiger partial charge is 0.460 e. The molecule has 5 nitrogen and oxygen atoms in total. The summed E-state index contributed by atoms with van der Waals surface area (Å²) in [6, 6.07) is 8.28. The number of rotatable bonds is 4. The van der Waals surface area contributed by atoms with E-state index in [0.717, 1.165) is 4.68 Å². The summed E-state index contributed by atoms with van der Waals surface area (Å²) in [5.74, 6) is -1.78. The van der Waals surface area contributed by atoms with Crippen molar-refractivity contribution in [1.82, 2.24) is 14.8 Å². The fourth-order valence-electron chi connectivity index (χ4n) is 1.51. The van der Waals surface area contributed by atoms with Crippen LogP contribution in [-0.2, 0) is 4.74 Å². The van der Waals surface area contributed by atoms with Crippen molar-refractivity contribution in [2.24, 2.45) is 0 Å². The lowest BCUT2D eigenvalue weighted by Gasteiger charge is -2.03. The van der Waals surface area contributed by atoms with Crippen molar-refractivity contribution in [3.63, 3.8) is 0 Å². The van der Waals surface area contributed by atoms with Crippen LogP contribution in [0.1, 0.15) is 29.8 Å². The summed E-state index contributed by atoms with van der Waals surface area (Å²) >= 11 is 0. The van der Waals surface area contributed by atoms with Crippen molar-refractivity contribution in [1.29, 1.82) is 0 Å². The molecule has 1 aromatic carbocycles. The fraction of sp³-hybridized carbons (Fsp3) is 0.250. The molecule has 1 heterocycles. The molecule has 2 rings (SSSR count). The van der Waals surface area contributed by atoms with E-state index >= 15 is 0 Å². The topological polar surface area (TPSA) is 57.0 Å². The number of esters is 1. The van der Waals surface area contributed by atoms with Crippen LogP contribution in [0.3, 0.4) is 0 Å². The zero-order chi connectivity index (χ0) is 13.8. The van der Waals surface area contributed by atoms with E-state index in [1.807, 2.05) is 0 Å². The van der Waals surface area contributed by atoms with Crippen molar-refractivity contribution < 1.29 is 18.3 Å². The maximum absolute atomic E-state index is 12.9. The molecule has 0 saturated heterocycles. The SMILES string of the molecule is CCOC(=O)c1nc(C(F)F)n(-c2ccccc2)n1. The number of halogens is 2. The second-order valence-electron chi connectivity index (χ2n) is 3.56. The molecule has 0 unspecified atom stereocenters. The van der Waals surface area contributed by atoms with Gasteiger partial charge in [0.2, 0.25) is 0 Å². The van der Waals surface area contributed by atoms with Gasteiger partial charge >= 0.3 is 5.97 Å². The molecule has 0 aliphatic rings. The molecule has 2 aromatic rings. The molecule has 0 radical (unpaired) electrons. The second kappa shape index (κ2) is 5.55. The molecule has 0 atom stereocenters. The van der Waals surface area contributed by atoms with Gasteiger partial charge in [-0.25, -0.2) is 18.3 Å². The van der Waals surface area contributed by atoms with Crippen molar-refractivity contribution >= 4 is 5.97 Å². The first-order valence-corrected chi connectivity index (χ1v) is 5.61. The van der Waals surface area contributed by atoms with Gasteiger partial charge in [0.25, 0.3) is 12.2 Å². The monoisotopic (exact) mass is 267 g/mol. The van der Waals surface area contributed by atoms with Crippen molar-refractivity contribution in [2.45, 2.75) is 13.3 Å². The molecule has 0 N–H and O–H groups in total. The Morgan fingerprint density at radius 1 is 1.37 bits per heavy atom.